The van der Waals surface area contributed by atoms with Gasteiger partial charge in [0.1, 0.15) is 0 Å². The zero-order valence-corrected chi connectivity index (χ0v) is 15.6. The highest BCUT2D eigenvalue weighted by Gasteiger charge is 2.28. The van der Waals surface area contributed by atoms with Crippen LogP contribution >= 0.6 is 0 Å². The molecular formula is C17H27N3O3S. The van der Waals surface area contributed by atoms with Gasteiger partial charge >= 0.3 is 0 Å². The van der Waals surface area contributed by atoms with Crippen LogP contribution < -0.4 is 0 Å². The lowest BCUT2D eigenvalue weighted by Crippen LogP contribution is -2.42. The fourth-order valence-electron chi connectivity index (χ4n) is 2.90. The number of carbonyl (C=O) groups excluding carboxylic acids is 1. The van der Waals surface area contributed by atoms with Gasteiger partial charge in [0, 0.05) is 46.7 Å². The van der Waals surface area contributed by atoms with Crippen molar-refractivity contribution < 1.29 is 13.2 Å². The van der Waals surface area contributed by atoms with E-state index in [-0.39, 0.29) is 5.91 Å². The lowest BCUT2D eigenvalue weighted by atomic mass is 10.0. The van der Waals surface area contributed by atoms with E-state index in [4.69, 9.17) is 0 Å². The summed E-state index contributed by atoms with van der Waals surface area (Å²) in [6.45, 7) is 3.94. The second-order valence-corrected chi connectivity index (χ2v) is 8.49. The van der Waals surface area contributed by atoms with E-state index in [0.717, 1.165) is 6.42 Å². The fraction of sp³-hybridized carbons (Fsp3) is 0.588. The largest absolute Gasteiger partial charge is 0.341 e. The first kappa shape index (κ1) is 18.9. The quantitative estimate of drug-likeness (QED) is 0.801. The van der Waals surface area contributed by atoms with Crippen LogP contribution in [0.3, 0.4) is 0 Å². The van der Waals surface area contributed by atoms with Crippen molar-refractivity contribution in [1.82, 2.24) is 13.5 Å². The summed E-state index contributed by atoms with van der Waals surface area (Å²) in [6.07, 6.45) is 1.86. The topological polar surface area (TPSA) is 60.9 Å². The summed E-state index contributed by atoms with van der Waals surface area (Å²) in [5, 5.41) is 0. The molecule has 0 N–H and O–H groups in total. The van der Waals surface area contributed by atoms with E-state index in [9.17, 15) is 13.2 Å². The number of carbonyl (C=O) groups is 1. The Morgan fingerprint density at radius 3 is 2.50 bits per heavy atom. The molecule has 24 heavy (non-hydrogen) atoms. The molecule has 1 saturated heterocycles. The van der Waals surface area contributed by atoms with Gasteiger partial charge in [-0.1, -0.05) is 24.3 Å². The molecule has 0 saturated carbocycles. The summed E-state index contributed by atoms with van der Waals surface area (Å²) in [6, 6.07) is 8.09. The minimum absolute atomic E-state index is 0.0994. The van der Waals surface area contributed by atoms with Crippen LogP contribution in [0.5, 0.6) is 0 Å². The lowest BCUT2D eigenvalue weighted by Gasteiger charge is -2.24. The van der Waals surface area contributed by atoms with Crippen LogP contribution in [0.15, 0.2) is 24.3 Å². The Kier molecular flexibility index (Phi) is 6.37. The van der Waals surface area contributed by atoms with Crippen molar-refractivity contribution in [2.45, 2.75) is 26.2 Å². The van der Waals surface area contributed by atoms with Gasteiger partial charge in [0.05, 0.1) is 0 Å². The first-order chi connectivity index (χ1) is 11.3. The molecule has 1 heterocycles. The van der Waals surface area contributed by atoms with Crippen LogP contribution in [0.25, 0.3) is 0 Å². The number of benzene rings is 1. The van der Waals surface area contributed by atoms with E-state index in [0.29, 0.717) is 39.0 Å². The number of rotatable bonds is 5. The van der Waals surface area contributed by atoms with Crippen molar-refractivity contribution in [3.05, 3.63) is 35.4 Å². The number of amides is 1. The third-order valence-electron chi connectivity index (χ3n) is 4.46. The summed E-state index contributed by atoms with van der Waals surface area (Å²) in [5.41, 5.74) is 2.39. The van der Waals surface area contributed by atoms with E-state index in [1.165, 1.54) is 33.8 Å². The maximum Gasteiger partial charge on any atom is 0.281 e. The third kappa shape index (κ3) is 4.55. The van der Waals surface area contributed by atoms with Crippen LogP contribution in [0.4, 0.5) is 0 Å². The van der Waals surface area contributed by atoms with Gasteiger partial charge in [0.25, 0.3) is 10.2 Å². The highest BCUT2D eigenvalue weighted by molar-refractivity contribution is 7.86. The standard InChI is InChI=1S/C17H27N3O3S/c1-15-7-4-5-8-16(15)9-10-17(21)19-11-6-12-20(14-13-19)24(22,23)18(2)3/h4-5,7-8H,6,9-14H2,1-3H3. The van der Waals surface area contributed by atoms with Crippen molar-refractivity contribution in [3.8, 4) is 0 Å². The van der Waals surface area contributed by atoms with Gasteiger partial charge < -0.3 is 4.90 Å². The summed E-state index contributed by atoms with van der Waals surface area (Å²) < 4.78 is 27.1. The number of hydrogen-bond acceptors (Lipinski definition) is 3. The molecule has 2 rings (SSSR count). The average molecular weight is 353 g/mol. The van der Waals surface area contributed by atoms with E-state index >= 15 is 0 Å². The van der Waals surface area contributed by atoms with E-state index in [2.05, 4.69) is 19.1 Å². The molecule has 0 atom stereocenters. The molecular weight excluding hydrogens is 326 g/mol. The number of hydrogen-bond donors (Lipinski definition) is 0. The Hall–Kier alpha value is -1.44. The monoisotopic (exact) mass is 353 g/mol. The Labute approximate surface area is 145 Å². The predicted molar refractivity (Wildman–Crippen MR) is 94.9 cm³/mol. The van der Waals surface area contributed by atoms with Gasteiger partial charge in [0.15, 0.2) is 0 Å². The van der Waals surface area contributed by atoms with Crippen LogP contribution in [0.1, 0.15) is 24.0 Å². The predicted octanol–water partition coefficient (Wildman–Crippen LogP) is 1.27. The Bertz CT molecular complexity index is 673. The first-order valence-electron chi connectivity index (χ1n) is 8.32. The zero-order chi connectivity index (χ0) is 17.7. The second-order valence-electron chi connectivity index (χ2n) is 6.35. The molecule has 0 aliphatic carbocycles. The summed E-state index contributed by atoms with van der Waals surface area (Å²) in [7, 11) is -0.338. The third-order valence-corrected chi connectivity index (χ3v) is 6.41. The minimum Gasteiger partial charge on any atom is -0.341 e. The van der Waals surface area contributed by atoms with Gasteiger partial charge in [0.2, 0.25) is 5.91 Å². The molecule has 0 aromatic heterocycles. The highest BCUT2D eigenvalue weighted by Crippen LogP contribution is 2.13. The average Bonchev–Trinajstić information content (AvgIpc) is 2.80. The van der Waals surface area contributed by atoms with E-state index in [1.54, 1.807) is 4.90 Å². The molecule has 0 unspecified atom stereocenters. The van der Waals surface area contributed by atoms with E-state index in [1.807, 2.05) is 12.1 Å². The molecule has 134 valence electrons. The molecule has 1 amide bonds. The van der Waals surface area contributed by atoms with Gasteiger partial charge in [-0.25, -0.2) is 0 Å². The first-order valence-corrected chi connectivity index (χ1v) is 9.72. The second kappa shape index (κ2) is 8.09. The van der Waals surface area contributed by atoms with Gasteiger partial charge in [-0.3, -0.25) is 4.79 Å². The molecule has 1 aliphatic rings. The fourth-order valence-corrected chi connectivity index (χ4v) is 4.03. The summed E-state index contributed by atoms with van der Waals surface area (Å²) in [5.74, 6) is 0.0994. The maximum atomic E-state index is 12.5. The van der Waals surface area contributed by atoms with Gasteiger partial charge in [-0.2, -0.15) is 17.0 Å². The smallest absolute Gasteiger partial charge is 0.281 e. The molecule has 1 aromatic carbocycles. The highest BCUT2D eigenvalue weighted by atomic mass is 32.2. The maximum absolute atomic E-state index is 12.5. The normalized spacial score (nSPS) is 17.1. The molecule has 0 spiro atoms. The summed E-state index contributed by atoms with van der Waals surface area (Å²) in [4.78, 5) is 14.3. The number of nitrogens with zero attached hydrogens (tertiary/aromatic N) is 3. The number of aryl methyl sites for hydroxylation is 2. The van der Waals surface area contributed by atoms with Crippen LogP contribution in [0.2, 0.25) is 0 Å². The van der Waals surface area contributed by atoms with E-state index < -0.39 is 10.2 Å². The van der Waals surface area contributed by atoms with Crippen molar-refractivity contribution in [3.63, 3.8) is 0 Å². The van der Waals surface area contributed by atoms with Crippen molar-refractivity contribution >= 4 is 16.1 Å². The SMILES string of the molecule is Cc1ccccc1CCC(=O)N1CCCN(S(=O)(=O)N(C)C)CC1. The zero-order valence-electron chi connectivity index (χ0n) is 14.7. The van der Waals surface area contributed by atoms with Crippen LogP contribution in [0, 0.1) is 6.92 Å². The van der Waals surface area contributed by atoms with Crippen molar-refractivity contribution in [2.75, 3.05) is 40.3 Å². The Morgan fingerprint density at radius 1 is 1.12 bits per heavy atom. The molecule has 1 fully saturated rings. The van der Waals surface area contributed by atoms with Crippen LogP contribution in [-0.4, -0.2) is 68.1 Å². The lowest BCUT2D eigenvalue weighted by molar-refractivity contribution is -0.131. The Balaban J connectivity index is 1.91. The molecule has 0 bridgehead atoms. The Morgan fingerprint density at radius 2 is 1.83 bits per heavy atom. The summed E-state index contributed by atoms with van der Waals surface area (Å²) >= 11 is 0. The molecule has 7 heteroatoms. The van der Waals surface area contributed by atoms with Crippen molar-refractivity contribution in [1.29, 1.82) is 0 Å². The molecule has 0 radical (unpaired) electrons. The minimum atomic E-state index is -3.40. The van der Waals surface area contributed by atoms with Crippen molar-refractivity contribution in [2.24, 2.45) is 0 Å². The van der Waals surface area contributed by atoms with Gasteiger partial charge in [-0.15, -0.1) is 0 Å². The molecule has 1 aliphatic heterocycles. The van der Waals surface area contributed by atoms with Gasteiger partial charge in [-0.05, 0) is 30.9 Å². The molecule has 1 aromatic rings. The van der Waals surface area contributed by atoms with Crippen LogP contribution in [-0.2, 0) is 21.4 Å². The molecule has 6 nitrogen and oxygen atoms in total.